The van der Waals surface area contributed by atoms with Gasteiger partial charge in [-0.05, 0) is 75.6 Å². The van der Waals surface area contributed by atoms with Gasteiger partial charge in [-0.25, -0.2) is 0 Å². The van der Waals surface area contributed by atoms with E-state index in [9.17, 15) is 0 Å². The lowest BCUT2D eigenvalue weighted by Crippen LogP contribution is -2.28. The first-order valence-electron chi connectivity index (χ1n) is 11.1. The number of nitrogens with one attached hydrogen (secondary N) is 1. The number of nitrogens with zero attached hydrogens (tertiary/aromatic N) is 2. The Morgan fingerprint density at radius 2 is 1.00 bits per heavy atom. The van der Waals surface area contributed by atoms with Gasteiger partial charge in [0.2, 0.25) is 0 Å². The fraction of sp³-hybridized carbons (Fsp3) is 0.500. The Morgan fingerprint density at radius 1 is 0.607 bits per heavy atom. The Morgan fingerprint density at radius 3 is 1.39 bits per heavy atom. The number of anilines is 4. The largest absolute Gasteiger partial charge is 0.453 e. The monoisotopic (exact) mass is 373 g/mol. The van der Waals surface area contributed by atoms with E-state index in [-0.39, 0.29) is 0 Å². The highest BCUT2D eigenvalue weighted by molar-refractivity contribution is 5.80. The SMILES string of the molecule is c1cc2c(cc1N1C3CCC1CC3)Oc1cc(N3C4CCC3CC4)ccc1N2. The second kappa shape index (κ2) is 5.59. The summed E-state index contributed by atoms with van der Waals surface area (Å²) < 4.78 is 6.44. The lowest BCUT2D eigenvalue weighted by molar-refractivity contribution is 0.481. The Balaban J connectivity index is 1.21. The molecule has 0 aliphatic carbocycles. The van der Waals surface area contributed by atoms with Crippen LogP contribution in [-0.2, 0) is 0 Å². The molecule has 0 unspecified atom stereocenters. The fourth-order valence-corrected chi connectivity index (χ4v) is 6.65. The van der Waals surface area contributed by atoms with Crippen molar-refractivity contribution in [3.63, 3.8) is 0 Å². The van der Waals surface area contributed by atoms with E-state index in [4.69, 9.17) is 4.74 Å². The fourth-order valence-electron chi connectivity index (χ4n) is 6.65. The number of rotatable bonds is 2. The van der Waals surface area contributed by atoms with E-state index < -0.39 is 0 Å². The lowest BCUT2D eigenvalue weighted by atomic mass is 10.0. The van der Waals surface area contributed by atoms with Crippen LogP contribution in [-0.4, -0.2) is 24.2 Å². The van der Waals surface area contributed by atoms with Crippen molar-refractivity contribution in [1.29, 1.82) is 0 Å². The minimum absolute atomic E-state index is 0.740. The maximum absolute atomic E-state index is 6.44. The number of benzene rings is 2. The summed E-state index contributed by atoms with van der Waals surface area (Å²) in [7, 11) is 0. The molecule has 28 heavy (non-hydrogen) atoms. The van der Waals surface area contributed by atoms with Crippen LogP contribution in [0.5, 0.6) is 11.5 Å². The van der Waals surface area contributed by atoms with Gasteiger partial charge >= 0.3 is 0 Å². The average molecular weight is 374 g/mol. The third-order valence-corrected chi connectivity index (χ3v) is 7.92. The Hall–Kier alpha value is -2.36. The molecule has 4 fully saturated rings. The molecule has 4 nitrogen and oxygen atoms in total. The predicted octanol–water partition coefficient (Wildman–Crippen LogP) is 5.80. The van der Waals surface area contributed by atoms with Crippen molar-refractivity contribution in [3.05, 3.63) is 36.4 Å². The van der Waals surface area contributed by atoms with Crippen LogP contribution in [0.15, 0.2) is 36.4 Å². The molecule has 4 bridgehead atoms. The summed E-state index contributed by atoms with van der Waals surface area (Å²) in [5, 5.41) is 3.59. The molecule has 0 saturated carbocycles. The molecule has 0 spiro atoms. The van der Waals surface area contributed by atoms with Gasteiger partial charge in [0.25, 0.3) is 0 Å². The van der Waals surface area contributed by atoms with Crippen LogP contribution in [0.25, 0.3) is 0 Å². The van der Waals surface area contributed by atoms with E-state index in [0.29, 0.717) is 0 Å². The smallest absolute Gasteiger partial charge is 0.153 e. The van der Waals surface area contributed by atoms with Crippen LogP contribution in [0.2, 0.25) is 0 Å². The number of ether oxygens (including phenoxy) is 1. The van der Waals surface area contributed by atoms with Gasteiger partial charge in [0.15, 0.2) is 11.5 Å². The molecule has 5 aliphatic rings. The number of hydrogen-bond donors (Lipinski definition) is 1. The molecular weight excluding hydrogens is 346 g/mol. The van der Waals surface area contributed by atoms with Crippen molar-refractivity contribution in [2.24, 2.45) is 0 Å². The number of fused-ring (bicyclic) bond motifs is 6. The highest BCUT2D eigenvalue weighted by Gasteiger charge is 2.40. The molecule has 4 heteroatoms. The van der Waals surface area contributed by atoms with Crippen molar-refractivity contribution in [1.82, 2.24) is 0 Å². The highest BCUT2D eigenvalue weighted by atomic mass is 16.5. The van der Waals surface area contributed by atoms with Crippen LogP contribution in [0.3, 0.4) is 0 Å². The van der Waals surface area contributed by atoms with Crippen LogP contribution in [0.4, 0.5) is 22.7 Å². The van der Waals surface area contributed by atoms with Gasteiger partial charge in [0.1, 0.15) is 0 Å². The second-order valence-electron chi connectivity index (χ2n) is 9.33. The van der Waals surface area contributed by atoms with E-state index in [0.717, 1.165) is 47.0 Å². The first kappa shape index (κ1) is 15.5. The highest BCUT2D eigenvalue weighted by Crippen LogP contribution is 2.49. The molecule has 7 rings (SSSR count). The zero-order valence-corrected chi connectivity index (χ0v) is 16.2. The summed E-state index contributed by atoms with van der Waals surface area (Å²) in [6.07, 6.45) is 10.8. The van der Waals surface area contributed by atoms with Gasteiger partial charge in [-0.2, -0.15) is 0 Å². The minimum atomic E-state index is 0.740. The third-order valence-electron chi connectivity index (χ3n) is 7.92. The molecular formula is C24H27N3O. The quantitative estimate of drug-likeness (QED) is 0.614. The van der Waals surface area contributed by atoms with Crippen molar-refractivity contribution in [2.75, 3.05) is 15.1 Å². The summed E-state index contributed by atoms with van der Waals surface area (Å²) in [6.45, 7) is 0. The van der Waals surface area contributed by atoms with E-state index in [1.165, 1.54) is 62.7 Å². The summed E-state index contributed by atoms with van der Waals surface area (Å²) in [6, 6.07) is 16.4. The van der Waals surface area contributed by atoms with E-state index >= 15 is 0 Å². The molecule has 1 N–H and O–H groups in total. The van der Waals surface area contributed by atoms with E-state index in [1.54, 1.807) is 0 Å². The Kier molecular flexibility index (Phi) is 3.10. The van der Waals surface area contributed by atoms with Crippen molar-refractivity contribution < 1.29 is 4.74 Å². The molecule has 0 radical (unpaired) electrons. The second-order valence-corrected chi connectivity index (χ2v) is 9.33. The van der Waals surface area contributed by atoms with Crippen molar-refractivity contribution in [2.45, 2.75) is 75.5 Å². The number of hydrogen-bond acceptors (Lipinski definition) is 4. The van der Waals surface area contributed by atoms with Gasteiger partial charge in [-0.15, -0.1) is 0 Å². The van der Waals surface area contributed by atoms with Crippen LogP contribution in [0.1, 0.15) is 51.4 Å². The zero-order chi connectivity index (χ0) is 18.2. The zero-order valence-electron chi connectivity index (χ0n) is 16.2. The molecule has 0 atom stereocenters. The minimum Gasteiger partial charge on any atom is -0.453 e. The molecule has 144 valence electrons. The average Bonchev–Trinajstić information content (AvgIpc) is 3.52. The molecule has 4 saturated heterocycles. The summed E-state index contributed by atoms with van der Waals surface area (Å²) in [5.41, 5.74) is 4.83. The topological polar surface area (TPSA) is 27.7 Å². The van der Waals surface area contributed by atoms with Gasteiger partial charge in [0.05, 0.1) is 11.4 Å². The lowest BCUT2D eigenvalue weighted by Gasteiger charge is -2.29. The standard InChI is InChI=1S/C24H27N3O/c1-2-16-4-3-15(1)26(16)19-9-11-21-23(13-19)28-24-14-20(10-12-22(24)25-21)27-17-5-6-18(27)8-7-17/h9-18,25H,1-8H2. The first-order valence-corrected chi connectivity index (χ1v) is 11.1. The van der Waals surface area contributed by atoms with Gasteiger partial charge in [-0.3, -0.25) is 0 Å². The Bertz CT molecular complexity index is 841. The molecule has 0 aromatic heterocycles. The van der Waals surface area contributed by atoms with E-state index in [2.05, 4.69) is 51.5 Å². The van der Waals surface area contributed by atoms with Gasteiger partial charge < -0.3 is 19.9 Å². The van der Waals surface area contributed by atoms with Gasteiger partial charge in [0, 0.05) is 47.7 Å². The third kappa shape index (κ3) is 2.12. The summed E-state index contributed by atoms with van der Waals surface area (Å²) in [4.78, 5) is 5.30. The van der Waals surface area contributed by atoms with Crippen molar-refractivity contribution in [3.8, 4) is 11.5 Å². The van der Waals surface area contributed by atoms with Crippen molar-refractivity contribution >= 4 is 22.7 Å². The van der Waals surface area contributed by atoms with Crippen LogP contribution in [0, 0.1) is 0 Å². The molecule has 5 aliphatic heterocycles. The molecule has 5 heterocycles. The summed E-state index contributed by atoms with van der Waals surface area (Å²) in [5.74, 6) is 1.94. The maximum atomic E-state index is 6.44. The molecule has 0 amide bonds. The maximum Gasteiger partial charge on any atom is 0.153 e. The predicted molar refractivity (Wildman–Crippen MR) is 113 cm³/mol. The normalized spacial score (nSPS) is 31.6. The van der Waals surface area contributed by atoms with Crippen LogP contribution < -0.4 is 19.9 Å². The van der Waals surface area contributed by atoms with Gasteiger partial charge in [-0.1, -0.05) is 0 Å². The first-order chi connectivity index (χ1) is 13.8. The summed E-state index contributed by atoms with van der Waals surface area (Å²) >= 11 is 0. The molecule has 2 aromatic carbocycles. The van der Waals surface area contributed by atoms with E-state index in [1.807, 2.05) is 0 Å². The van der Waals surface area contributed by atoms with Crippen LogP contribution >= 0.6 is 0 Å². The Labute approximate surface area is 166 Å². The molecule has 2 aromatic rings.